The first-order valence-electron chi connectivity index (χ1n) is 4.90. The Morgan fingerprint density at radius 2 is 2.00 bits per heavy atom. The highest BCUT2D eigenvalue weighted by atomic mass is 32.2. The Balaban J connectivity index is 2.32. The molecule has 9 heteroatoms. The lowest BCUT2D eigenvalue weighted by molar-refractivity contribution is -0.0500. The minimum Gasteiger partial charge on any atom is -0.376 e. The van der Waals surface area contributed by atoms with Crippen molar-refractivity contribution in [1.29, 1.82) is 0 Å². The number of hydrazone groups is 1. The molecule has 0 amide bonds. The molecular weight excluding hydrogens is 285 g/mol. The maximum absolute atomic E-state index is 12.2. The third kappa shape index (κ3) is 2.87. The Bertz CT molecular complexity index is 650. The van der Waals surface area contributed by atoms with E-state index in [1.807, 2.05) is 0 Å². The summed E-state index contributed by atoms with van der Waals surface area (Å²) in [5.41, 5.74) is -1.87. The number of alkyl halides is 3. The molecule has 0 saturated carbocycles. The van der Waals surface area contributed by atoms with E-state index >= 15 is 0 Å². The van der Waals surface area contributed by atoms with Crippen molar-refractivity contribution < 1.29 is 25.8 Å². The summed E-state index contributed by atoms with van der Waals surface area (Å²) < 4.78 is 62.2. The molecule has 1 aliphatic rings. The summed E-state index contributed by atoms with van der Waals surface area (Å²) in [5, 5.41) is 3.75. The van der Waals surface area contributed by atoms with Gasteiger partial charge in [0.15, 0.2) is 0 Å². The molecule has 0 unspecified atom stereocenters. The third-order valence-corrected chi connectivity index (χ3v) is 3.11. The van der Waals surface area contributed by atoms with Crippen molar-refractivity contribution >= 4 is 28.1 Å². The molecule has 0 aromatic heterocycles. The number of nitrogens with one attached hydrogen (secondary N) is 1. The third-order valence-electron chi connectivity index (χ3n) is 2.13. The van der Waals surface area contributed by atoms with Gasteiger partial charge in [0.1, 0.15) is 5.75 Å². The molecule has 5 nitrogen and oxygen atoms in total. The fourth-order valence-electron chi connectivity index (χ4n) is 1.30. The molecule has 19 heavy (non-hydrogen) atoms. The van der Waals surface area contributed by atoms with Crippen molar-refractivity contribution in [3.63, 3.8) is 0 Å². The zero-order valence-electron chi connectivity index (χ0n) is 9.18. The van der Waals surface area contributed by atoms with Gasteiger partial charge in [-0.15, -0.1) is 0 Å². The molecule has 0 bridgehead atoms. The van der Waals surface area contributed by atoms with Crippen LogP contribution in [0.5, 0.6) is 5.75 Å². The lowest BCUT2D eigenvalue weighted by atomic mass is 10.1. The Morgan fingerprint density at radius 3 is 2.68 bits per heavy atom. The van der Waals surface area contributed by atoms with Crippen LogP contribution in [-0.4, -0.2) is 20.1 Å². The standard InChI is InChI=1S/C10H7F3N2O3S/c11-10(12,13)19(16,17)18-8-3-4-9-7(6-8)2-1-5-14-15-9/h1-6,15H. The van der Waals surface area contributed by atoms with E-state index in [1.54, 1.807) is 12.2 Å². The molecule has 0 radical (unpaired) electrons. The SMILES string of the molecule is O=S(=O)(Oc1ccc2c(c1)C=CC=NN2)C(F)(F)F. The van der Waals surface area contributed by atoms with Gasteiger partial charge in [-0.1, -0.05) is 6.08 Å². The molecule has 1 aliphatic heterocycles. The molecule has 1 heterocycles. The molecule has 1 N–H and O–H groups in total. The van der Waals surface area contributed by atoms with Crippen molar-refractivity contribution in [2.24, 2.45) is 5.10 Å². The summed E-state index contributed by atoms with van der Waals surface area (Å²) >= 11 is 0. The lowest BCUT2D eigenvalue weighted by Crippen LogP contribution is -2.28. The van der Waals surface area contributed by atoms with Gasteiger partial charge in [-0.3, -0.25) is 5.43 Å². The first-order chi connectivity index (χ1) is 8.79. The van der Waals surface area contributed by atoms with Crippen LogP contribution in [0.3, 0.4) is 0 Å². The van der Waals surface area contributed by atoms with Crippen molar-refractivity contribution in [2.45, 2.75) is 5.51 Å². The minimum atomic E-state index is -5.66. The van der Waals surface area contributed by atoms with Gasteiger partial charge in [-0.05, 0) is 24.3 Å². The average molecular weight is 292 g/mol. The molecule has 0 atom stereocenters. The fourth-order valence-corrected chi connectivity index (χ4v) is 1.75. The van der Waals surface area contributed by atoms with Gasteiger partial charge < -0.3 is 4.18 Å². The fraction of sp³-hybridized carbons (Fsp3) is 0.100. The van der Waals surface area contributed by atoms with E-state index in [0.29, 0.717) is 11.3 Å². The average Bonchev–Trinajstić information content (AvgIpc) is 2.51. The Labute approximate surface area is 106 Å². The maximum atomic E-state index is 12.2. The van der Waals surface area contributed by atoms with Crippen LogP contribution in [0, 0.1) is 0 Å². The van der Waals surface area contributed by atoms with Gasteiger partial charge >= 0.3 is 15.6 Å². The van der Waals surface area contributed by atoms with Gasteiger partial charge in [0.2, 0.25) is 0 Å². The minimum absolute atomic E-state index is 0.426. The smallest absolute Gasteiger partial charge is 0.376 e. The zero-order valence-corrected chi connectivity index (χ0v) is 9.99. The van der Waals surface area contributed by atoms with E-state index in [0.717, 1.165) is 12.1 Å². The number of anilines is 1. The van der Waals surface area contributed by atoms with Crippen molar-refractivity contribution in [3.8, 4) is 5.75 Å². The van der Waals surface area contributed by atoms with Crippen LogP contribution in [-0.2, 0) is 10.1 Å². The second-order valence-corrected chi connectivity index (χ2v) is 5.02. The van der Waals surface area contributed by atoms with Crippen LogP contribution in [0.15, 0.2) is 29.4 Å². The normalized spacial score (nSPS) is 14.5. The van der Waals surface area contributed by atoms with E-state index in [2.05, 4.69) is 14.7 Å². The van der Waals surface area contributed by atoms with Crippen LogP contribution < -0.4 is 9.61 Å². The Hall–Kier alpha value is -2.03. The molecule has 1 aromatic rings. The number of rotatable bonds is 2. The largest absolute Gasteiger partial charge is 0.534 e. The Morgan fingerprint density at radius 1 is 1.26 bits per heavy atom. The summed E-state index contributed by atoms with van der Waals surface area (Å²) in [4.78, 5) is 0. The van der Waals surface area contributed by atoms with E-state index in [9.17, 15) is 21.6 Å². The lowest BCUT2D eigenvalue weighted by Gasteiger charge is -2.11. The van der Waals surface area contributed by atoms with Crippen molar-refractivity contribution in [2.75, 3.05) is 5.43 Å². The van der Waals surface area contributed by atoms with E-state index in [4.69, 9.17) is 0 Å². The van der Waals surface area contributed by atoms with Gasteiger partial charge in [0, 0.05) is 11.8 Å². The van der Waals surface area contributed by atoms with Crippen molar-refractivity contribution in [3.05, 3.63) is 29.8 Å². The highest BCUT2D eigenvalue weighted by molar-refractivity contribution is 7.88. The molecule has 2 rings (SSSR count). The number of benzene rings is 1. The molecule has 102 valence electrons. The van der Waals surface area contributed by atoms with Crippen LogP contribution in [0.25, 0.3) is 6.08 Å². The van der Waals surface area contributed by atoms with Gasteiger partial charge in [-0.25, -0.2) is 0 Å². The zero-order chi connectivity index (χ0) is 14.1. The highest BCUT2D eigenvalue weighted by Gasteiger charge is 2.48. The Kier molecular flexibility index (Phi) is 3.23. The first kappa shape index (κ1) is 13.4. The summed E-state index contributed by atoms with van der Waals surface area (Å²) in [6.07, 6.45) is 4.53. The number of allylic oxidation sites excluding steroid dienone is 1. The number of nitrogens with zero attached hydrogens (tertiary/aromatic N) is 1. The van der Waals surface area contributed by atoms with E-state index < -0.39 is 21.4 Å². The molecule has 1 aromatic carbocycles. The van der Waals surface area contributed by atoms with Gasteiger partial charge in [-0.2, -0.15) is 26.7 Å². The predicted octanol–water partition coefficient (Wildman–Crippen LogP) is 2.34. The number of fused-ring (bicyclic) bond motifs is 1. The summed E-state index contributed by atoms with van der Waals surface area (Å²) in [7, 11) is -5.66. The topological polar surface area (TPSA) is 67.8 Å². The number of hydrogen-bond donors (Lipinski definition) is 1. The second kappa shape index (κ2) is 4.57. The van der Waals surface area contributed by atoms with Crippen molar-refractivity contribution in [1.82, 2.24) is 0 Å². The highest BCUT2D eigenvalue weighted by Crippen LogP contribution is 2.30. The first-order valence-corrected chi connectivity index (χ1v) is 6.31. The summed E-state index contributed by atoms with van der Waals surface area (Å²) in [6, 6.07) is 3.63. The van der Waals surface area contributed by atoms with Crippen LogP contribution in [0.2, 0.25) is 0 Å². The predicted molar refractivity (Wildman–Crippen MR) is 63.2 cm³/mol. The summed E-state index contributed by atoms with van der Waals surface area (Å²) in [5.74, 6) is -0.426. The number of halogens is 3. The molecule has 0 fully saturated rings. The molecule has 0 aliphatic carbocycles. The van der Waals surface area contributed by atoms with Crippen LogP contribution in [0.4, 0.5) is 18.9 Å². The van der Waals surface area contributed by atoms with Gasteiger partial charge in [0.25, 0.3) is 0 Å². The second-order valence-electron chi connectivity index (χ2n) is 3.48. The van der Waals surface area contributed by atoms with Crippen LogP contribution >= 0.6 is 0 Å². The van der Waals surface area contributed by atoms with E-state index in [-0.39, 0.29) is 0 Å². The molecule has 0 spiro atoms. The van der Waals surface area contributed by atoms with Crippen LogP contribution in [0.1, 0.15) is 5.56 Å². The quantitative estimate of drug-likeness (QED) is 0.671. The maximum Gasteiger partial charge on any atom is 0.534 e. The molecule has 0 saturated heterocycles. The molecular formula is C10H7F3N2O3S. The van der Waals surface area contributed by atoms with E-state index in [1.165, 1.54) is 12.3 Å². The number of hydrogen-bond acceptors (Lipinski definition) is 5. The monoisotopic (exact) mass is 292 g/mol. The summed E-state index contributed by atoms with van der Waals surface area (Å²) in [6.45, 7) is 0. The van der Waals surface area contributed by atoms with Gasteiger partial charge in [0.05, 0.1) is 5.69 Å².